The zero-order chi connectivity index (χ0) is 15.5. The Kier molecular flexibility index (Phi) is 6.70. The van der Waals surface area contributed by atoms with Gasteiger partial charge in [-0.05, 0) is 41.4 Å². The van der Waals surface area contributed by atoms with Crippen molar-refractivity contribution in [2.75, 3.05) is 0 Å². The average molecular weight is 336 g/mol. The van der Waals surface area contributed by atoms with E-state index in [2.05, 4.69) is 34.6 Å². The maximum Gasteiger partial charge on any atom is 0.0642 e. The summed E-state index contributed by atoms with van der Waals surface area (Å²) in [5.41, 5.74) is 2.29. The maximum absolute atomic E-state index is 6.48. The molecular formula is C17H25Cl3. The van der Waals surface area contributed by atoms with E-state index in [0.29, 0.717) is 16.0 Å². The van der Waals surface area contributed by atoms with Crippen LogP contribution in [0.4, 0.5) is 0 Å². The summed E-state index contributed by atoms with van der Waals surface area (Å²) in [4.78, 5) is 0. The molecule has 114 valence electrons. The second-order valence-corrected chi connectivity index (χ2v) is 7.58. The highest BCUT2D eigenvalue weighted by Crippen LogP contribution is 2.40. The van der Waals surface area contributed by atoms with Gasteiger partial charge < -0.3 is 0 Å². The van der Waals surface area contributed by atoms with Crippen LogP contribution in [0.25, 0.3) is 0 Å². The van der Waals surface area contributed by atoms with Crippen LogP contribution < -0.4 is 0 Å². The Balaban J connectivity index is 3.19. The first-order valence-corrected chi connectivity index (χ1v) is 8.52. The van der Waals surface area contributed by atoms with E-state index in [0.717, 1.165) is 41.8 Å². The Morgan fingerprint density at radius 1 is 1.05 bits per heavy atom. The van der Waals surface area contributed by atoms with Crippen molar-refractivity contribution in [3.05, 3.63) is 32.3 Å². The summed E-state index contributed by atoms with van der Waals surface area (Å²) in [6, 6.07) is 2.01. The Bertz CT molecular complexity index is 460. The highest BCUT2D eigenvalue weighted by atomic mass is 35.5. The second kappa shape index (κ2) is 7.38. The van der Waals surface area contributed by atoms with Crippen LogP contribution in [0, 0.1) is 11.3 Å². The molecule has 0 amide bonds. The Labute approximate surface area is 138 Å². The van der Waals surface area contributed by atoms with Crippen LogP contribution in [0.2, 0.25) is 15.1 Å². The molecule has 0 saturated carbocycles. The molecule has 0 aliphatic carbocycles. The first kappa shape index (κ1) is 18.1. The predicted molar refractivity (Wildman–Crippen MR) is 92.4 cm³/mol. The SMILES string of the molecule is CCC(C)(CC)Cc1cc(Cl)c(CC(C)C)c(Cl)c1Cl. The minimum Gasteiger partial charge on any atom is -0.0840 e. The third-order valence-electron chi connectivity index (χ3n) is 4.27. The standard InChI is InChI=1S/C17H25Cl3/c1-6-17(5,7-2)10-12-9-14(18)13(8-11(3)4)16(20)15(12)19/h9,11H,6-8,10H2,1-5H3. The Morgan fingerprint density at radius 2 is 1.60 bits per heavy atom. The molecule has 0 nitrogen and oxygen atoms in total. The quantitative estimate of drug-likeness (QED) is 0.481. The summed E-state index contributed by atoms with van der Waals surface area (Å²) >= 11 is 19.4. The lowest BCUT2D eigenvalue weighted by atomic mass is 9.79. The molecule has 1 aromatic carbocycles. The third kappa shape index (κ3) is 4.29. The van der Waals surface area contributed by atoms with Gasteiger partial charge in [0.1, 0.15) is 0 Å². The molecule has 0 aromatic heterocycles. The van der Waals surface area contributed by atoms with E-state index in [-0.39, 0.29) is 5.41 Å². The molecule has 0 unspecified atom stereocenters. The highest BCUT2D eigenvalue weighted by Gasteiger charge is 2.24. The summed E-state index contributed by atoms with van der Waals surface area (Å²) in [5, 5.41) is 2.06. The Hall–Kier alpha value is 0.0900. The first-order chi connectivity index (χ1) is 9.24. The molecule has 0 heterocycles. The van der Waals surface area contributed by atoms with Crippen molar-refractivity contribution >= 4 is 34.8 Å². The molecule has 0 spiro atoms. The number of halogens is 3. The average Bonchev–Trinajstić information content (AvgIpc) is 2.40. The minimum absolute atomic E-state index is 0.246. The van der Waals surface area contributed by atoms with E-state index in [1.807, 2.05) is 6.07 Å². The largest absolute Gasteiger partial charge is 0.0840 e. The number of benzene rings is 1. The molecule has 0 radical (unpaired) electrons. The molecule has 0 saturated heterocycles. The molecule has 1 aromatic rings. The lowest BCUT2D eigenvalue weighted by molar-refractivity contribution is 0.296. The van der Waals surface area contributed by atoms with Gasteiger partial charge in [0.25, 0.3) is 0 Å². The third-order valence-corrected chi connectivity index (χ3v) is 5.55. The van der Waals surface area contributed by atoms with Crippen molar-refractivity contribution in [2.24, 2.45) is 11.3 Å². The zero-order valence-corrected chi connectivity index (χ0v) is 15.4. The van der Waals surface area contributed by atoms with Crippen molar-refractivity contribution in [3.8, 4) is 0 Å². The van der Waals surface area contributed by atoms with E-state index in [1.165, 1.54) is 0 Å². The van der Waals surface area contributed by atoms with E-state index in [9.17, 15) is 0 Å². The van der Waals surface area contributed by atoms with Crippen LogP contribution in [0.1, 0.15) is 58.6 Å². The van der Waals surface area contributed by atoms with Crippen molar-refractivity contribution in [3.63, 3.8) is 0 Å². The normalized spacial score (nSPS) is 12.2. The van der Waals surface area contributed by atoms with Gasteiger partial charge in [-0.2, -0.15) is 0 Å². The maximum atomic E-state index is 6.48. The first-order valence-electron chi connectivity index (χ1n) is 7.39. The Morgan fingerprint density at radius 3 is 2.05 bits per heavy atom. The van der Waals surface area contributed by atoms with Gasteiger partial charge in [-0.25, -0.2) is 0 Å². The number of hydrogen-bond donors (Lipinski definition) is 0. The van der Waals surface area contributed by atoms with Crippen LogP contribution in [-0.4, -0.2) is 0 Å². The predicted octanol–water partition coefficient (Wildman–Crippen LogP) is 7.21. The fourth-order valence-corrected chi connectivity index (χ4v) is 3.25. The molecule has 3 heteroatoms. The van der Waals surface area contributed by atoms with Crippen LogP contribution in [0.5, 0.6) is 0 Å². The lowest BCUT2D eigenvalue weighted by Gasteiger charge is -2.28. The van der Waals surface area contributed by atoms with Crippen molar-refractivity contribution < 1.29 is 0 Å². The van der Waals surface area contributed by atoms with Gasteiger partial charge in [0, 0.05) is 5.02 Å². The van der Waals surface area contributed by atoms with E-state index < -0.39 is 0 Å². The van der Waals surface area contributed by atoms with Crippen LogP contribution in [0.15, 0.2) is 6.07 Å². The van der Waals surface area contributed by atoms with Crippen LogP contribution in [-0.2, 0) is 12.8 Å². The van der Waals surface area contributed by atoms with Crippen molar-refractivity contribution in [1.82, 2.24) is 0 Å². The molecule has 0 aliphatic heterocycles. The van der Waals surface area contributed by atoms with Gasteiger partial charge in [-0.15, -0.1) is 0 Å². The summed E-state index contributed by atoms with van der Waals surface area (Å²) in [7, 11) is 0. The van der Waals surface area contributed by atoms with Crippen LogP contribution >= 0.6 is 34.8 Å². The van der Waals surface area contributed by atoms with Crippen molar-refractivity contribution in [2.45, 2.75) is 60.3 Å². The summed E-state index contributed by atoms with van der Waals surface area (Å²) in [5.74, 6) is 0.503. The van der Waals surface area contributed by atoms with E-state index >= 15 is 0 Å². The lowest BCUT2D eigenvalue weighted by Crippen LogP contribution is -2.17. The molecule has 0 aliphatic rings. The molecule has 0 fully saturated rings. The smallest absolute Gasteiger partial charge is 0.0642 e. The van der Waals surface area contributed by atoms with Gasteiger partial charge in [0.2, 0.25) is 0 Å². The molecule has 0 bridgehead atoms. The van der Waals surface area contributed by atoms with E-state index in [1.54, 1.807) is 0 Å². The van der Waals surface area contributed by atoms with Gasteiger partial charge in [-0.1, -0.05) is 82.3 Å². The van der Waals surface area contributed by atoms with Gasteiger partial charge in [-0.3, -0.25) is 0 Å². The van der Waals surface area contributed by atoms with Crippen LogP contribution in [0.3, 0.4) is 0 Å². The zero-order valence-electron chi connectivity index (χ0n) is 13.1. The fraction of sp³-hybridized carbons (Fsp3) is 0.647. The fourth-order valence-electron chi connectivity index (χ4n) is 2.37. The second-order valence-electron chi connectivity index (χ2n) is 6.42. The minimum atomic E-state index is 0.246. The summed E-state index contributed by atoms with van der Waals surface area (Å²) < 4.78 is 0. The topological polar surface area (TPSA) is 0 Å². The number of hydrogen-bond acceptors (Lipinski definition) is 0. The van der Waals surface area contributed by atoms with E-state index in [4.69, 9.17) is 34.8 Å². The molecular weight excluding hydrogens is 311 g/mol. The van der Waals surface area contributed by atoms with Gasteiger partial charge in [0.05, 0.1) is 10.0 Å². The number of rotatable bonds is 6. The molecule has 1 rings (SSSR count). The van der Waals surface area contributed by atoms with Gasteiger partial charge >= 0.3 is 0 Å². The van der Waals surface area contributed by atoms with Gasteiger partial charge in [0.15, 0.2) is 0 Å². The van der Waals surface area contributed by atoms with Crippen molar-refractivity contribution in [1.29, 1.82) is 0 Å². The molecule has 0 atom stereocenters. The monoisotopic (exact) mass is 334 g/mol. The molecule has 0 N–H and O–H groups in total. The summed E-state index contributed by atoms with van der Waals surface area (Å²) in [6.45, 7) is 11.0. The highest BCUT2D eigenvalue weighted by molar-refractivity contribution is 6.44. The molecule has 20 heavy (non-hydrogen) atoms. The summed E-state index contributed by atoms with van der Waals surface area (Å²) in [6.07, 6.45) is 4.00.